The number of ketones is 1. The molecule has 3 aromatic rings. The minimum absolute atomic E-state index is 0.0421. The van der Waals surface area contributed by atoms with Crippen molar-refractivity contribution in [3.8, 4) is 11.1 Å². The largest absolute Gasteiger partial charge is 0.444 e. The Morgan fingerprint density at radius 1 is 0.907 bits per heavy atom. The number of carbonyl (C=O) groups excluding carboxylic acids is 3. The van der Waals surface area contributed by atoms with Crippen LogP contribution >= 0.6 is 0 Å². The molecule has 0 bridgehead atoms. The van der Waals surface area contributed by atoms with Crippen molar-refractivity contribution in [2.24, 2.45) is 33.0 Å². The molecule has 11 nitrogen and oxygen atoms in total. The minimum Gasteiger partial charge on any atom is -0.444 e. The number of carbonyl (C=O) groups is 3. The highest BCUT2D eigenvalue weighted by molar-refractivity contribution is 7.90. The molecule has 0 unspecified atom stereocenters. The lowest BCUT2D eigenvalue weighted by molar-refractivity contribution is -0.137. The third kappa shape index (κ3) is 11.1. The summed E-state index contributed by atoms with van der Waals surface area (Å²) in [7, 11) is -3.87. The Kier molecular flexibility index (Phi) is 12.4. The van der Waals surface area contributed by atoms with E-state index in [0.29, 0.717) is 42.5 Å². The van der Waals surface area contributed by atoms with E-state index in [1.54, 1.807) is 57.2 Å². The fourth-order valence-electron chi connectivity index (χ4n) is 6.57. The van der Waals surface area contributed by atoms with Crippen LogP contribution in [0.5, 0.6) is 0 Å². The number of amides is 2. The van der Waals surface area contributed by atoms with E-state index < -0.39 is 44.1 Å². The second-order valence-corrected chi connectivity index (χ2v) is 16.8. The number of anilines is 1. The first-order valence-electron chi connectivity index (χ1n) is 17.7. The van der Waals surface area contributed by atoms with Crippen molar-refractivity contribution in [2.75, 3.05) is 24.8 Å². The zero-order valence-corrected chi connectivity index (χ0v) is 31.4. The van der Waals surface area contributed by atoms with E-state index in [-0.39, 0.29) is 54.2 Å². The first-order valence-corrected chi connectivity index (χ1v) is 19.6. The summed E-state index contributed by atoms with van der Waals surface area (Å²) in [6, 6.07) is 16.0. The van der Waals surface area contributed by atoms with E-state index in [4.69, 9.17) is 4.74 Å². The van der Waals surface area contributed by atoms with Gasteiger partial charge in [0.05, 0.1) is 10.5 Å². The molecule has 0 aromatic heterocycles. The summed E-state index contributed by atoms with van der Waals surface area (Å²) in [5.41, 5.74) is 0.212. The van der Waals surface area contributed by atoms with Gasteiger partial charge in [0.1, 0.15) is 11.4 Å². The van der Waals surface area contributed by atoms with Crippen LogP contribution in [0, 0.1) is 17.8 Å². The van der Waals surface area contributed by atoms with E-state index in [0.717, 1.165) is 36.8 Å². The van der Waals surface area contributed by atoms with E-state index in [2.05, 4.69) is 25.9 Å². The lowest BCUT2D eigenvalue weighted by atomic mass is 9.77. The predicted molar refractivity (Wildman–Crippen MR) is 198 cm³/mol. The average molecular weight is 768 g/mol. The third-order valence-electron chi connectivity index (χ3n) is 9.39. The first-order chi connectivity index (χ1) is 25.4. The maximum atomic E-state index is 14.0. The molecule has 2 amide bonds. The molecule has 2 aliphatic rings. The van der Waals surface area contributed by atoms with Gasteiger partial charge in [-0.25, -0.2) is 18.2 Å². The standard InChI is InChI=1S/C39H44F3N5O6S/c1-38(2,3)53-37(50)43-22-25-7-11-27(12-8-25)34(48)20-29(36(49)46-30-15-13-28(14-16-30)35-44-23-45-47-35)19-24-5-9-26(10-6-24)32-18-17-31(54(4,51)52)21-33(32)39(40,41)42/h5-6,9-10,13-18,21,25,27,29H,7-8,11-12,19-20,22-23H2,1-4H3,(H,43,50)(H,46,49)/t25?,27?,29-/m1/s1. The molecular formula is C39H44F3N5O6S. The number of azo groups is 1. The third-order valence-corrected chi connectivity index (χ3v) is 10.5. The monoisotopic (exact) mass is 767 g/mol. The van der Waals surface area contributed by atoms with Gasteiger partial charge in [0.15, 0.2) is 22.3 Å². The average Bonchev–Trinajstić information content (AvgIpc) is 3.65. The Labute approximate surface area is 312 Å². The van der Waals surface area contributed by atoms with Crippen LogP contribution < -0.4 is 10.6 Å². The Bertz CT molecular complexity index is 2020. The second kappa shape index (κ2) is 16.6. The summed E-state index contributed by atoms with van der Waals surface area (Å²) < 4.78 is 71.4. The number of sulfone groups is 1. The molecule has 0 radical (unpaired) electrons. The van der Waals surface area contributed by atoms with Crippen molar-refractivity contribution in [1.82, 2.24) is 5.32 Å². The highest BCUT2D eigenvalue weighted by atomic mass is 32.2. The van der Waals surface area contributed by atoms with Gasteiger partial charge in [0.25, 0.3) is 0 Å². The lowest BCUT2D eigenvalue weighted by Gasteiger charge is -2.29. The first kappa shape index (κ1) is 40.3. The van der Waals surface area contributed by atoms with Gasteiger partial charge in [-0.2, -0.15) is 18.3 Å². The molecule has 0 saturated heterocycles. The van der Waals surface area contributed by atoms with Crippen LogP contribution in [-0.2, 0) is 36.8 Å². The molecule has 1 aliphatic heterocycles. The van der Waals surface area contributed by atoms with Crippen molar-refractivity contribution >= 4 is 39.1 Å². The van der Waals surface area contributed by atoms with Crippen molar-refractivity contribution in [1.29, 1.82) is 0 Å². The molecule has 3 aromatic carbocycles. The van der Waals surface area contributed by atoms with Crippen LogP contribution in [0.25, 0.3) is 11.1 Å². The molecule has 1 saturated carbocycles. The van der Waals surface area contributed by atoms with Gasteiger partial charge in [0, 0.05) is 42.3 Å². The number of alkyl carbamates (subject to hydrolysis) is 1. The maximum absolute atomic E-state index is 14.0. The number of rotatable bonds is 12. The Morgan fingerprint density at radius 2 is 1.56 bits per heavy atom. The van der Waals surface area contributed by atoms with Crippen LogP contribution in [0.1, 0.15) is 69.6 Å². The van der Waals surface area contributed by atoms with Crippen molar-refractivity contribution in [3.05, 3.63) is 83.4 Å². The van der Waals surface area contributed by atoms with Gasteiger partial charge in [-0.05, 0) is 112 Å². The van der Waals surface area contributed by atoms with Crippen LogP contribution in [0.15, 0.2) is 86.8 Å². The molecule has 5 rings (SSSR count). The summed E-state index contributed by atoms with van der Waals surface area (Å²) in [5, 5.41) is 13.5. The molecule has 1 atom stereocenters. The highest BCUT2D eigenvalue weighted by Gasteiger charge is 2.35. The summed E-state index contributed by atoms with van der Waals surface area (Å²) in [5.74, 6) is -0.794. The summed E-state index contributed by atoms with van der Waals surface area (Å²) >= 11 is 0. The SMILES string of the molecule is CC(C)(C)OC(=O)NCC1CCC(C(=O)C[C@@H](Cc2ccc(-c3ccc(S(C)(=O)=O)cc3C(F)(F)F)cc2)C(=O)Nc2ccc(C3=NCN=N3)cc2)CC1. The fourth-order valence-corrected chi connectivity index (χ4v) is 7.21. The van der Waals surface area contributed by atoms with Crippen molar-refractivity contribution < 1.29 is 40.7 Å². The number of nitrogens with zero attached hydrogens (tertiary/aromatic N) is 3. The molecular weight excluding hydrogens is 724 g/mol. The van der Waals surface area contributed by atoms with Gasteiger partial charge in [-0.3, -0.25) is 9.59 Å². The lowest BCUT2D eigenvalue weighted by Crippen LogP contribution is -2.37. The Hall–Kier alpha value is -4.92. The number of hydrogen-bond donors (Lipinski definition) is 2. The van der Waals surface area contributed by atoms with Crippen LogP contribution in [-0.4, -0.2) is 57.1 Å². The van der Waals surface area contributed by atoms with E-state index in [9.17, 15) is 36.0 Å². The van der Waals surface area contributed by atoms with Gasteiger partial charge >= 0.3 is 12.3 Å². The number of halogens is 3. The number of nitrogens with one attached hydrogen (secondary N) is 2. The highest BCUT2D eigenvalue weighted by Crippen LogP contribution is 2.39. The zero-order valence-electron chi connectivity index (χ0n) is 30.6. The molecule has 54 heavy (non-hydrogen) atoms. The number of ether oxygens (including phenoxy) is 1. The summed E-state index contributed by atoms with van der Waals surface area (Å²) in [4.78, 5) is 43.3. The second-order valence-electron chi connectivity index (χ2n) is 14.8. The Balaban J connectivity index is 1.30. The summed E-state index contributed by atoms with van der Waals surface area (Å²) in [6.45, 7) is 6.07. The zero-order chi connectivity index (χ0) is 39.3. The number of aliphatic imine (C=N–C) groups is 1. The molecule has 15 heteroatoms. The minimum atomic E-state index is -4.81. The quantitative estimate of drug-likeness (QED) is 0.190. The van der Waals surface area contributed by atoms with E-state index in [1.165, 1.54) is 12.1 Å². The normalized spacial score (nSPS) is 18.1. The van der Waals surface area contributed by atoms with Gasteiger partial charge in [-0.1, -0.05) is 30.3 Å². The maximum Gasteiger partial charge on any atom is 0.417 e. The van der Waals surface area contributed by atoms with Crippen molar-refractivity contribution in [3.63, 3.8) is 0 Å². The number of amidine groups is 1. The van der Waals surface area contributed by atoms with E-state index >= 15 is 0 Å². The molecule has 1 aliphatic carbocycles. The predicted octanol–water partition coefficient (Wildman–Crippen LogP) is 8.03. The molecule has 0 spiro atoms. The molecule has 288 valence electrons. The Morgan fingerprint density at radius 3 is 2.13 bits per heavy atom. The number of Topliss-reactive ketones (excluding diaryl/α,β-unsaturated/α-hetero) is 1. The number of benzene rings is 3. The number of hydrogen-bond acceptors (Lipinski definition) is 9. The van der Waals surface area contributed by atoms with Gasteiger partial charge in [0.2, 0.25) is 5.91 Å². The topological polar surface area (TPSA) is 156 Å². The van der Waals surface area contributed by atoms with Gasteiger partial charge < -0.3 is 15.4 Å². The van der Waals surface area contributed by atoms with Crippen molar-refractivity contribution in [2.45, 2.75) is 76.0 Å². The van der Waals surface area contributed by atoms with Crippen LogP contribution in [0.2, 0.25) is 0 Å². The van der Waals surface area contributed by atoms with Crippen LogP contribution in [0.3, 0.4) is 0 Å². The van der Waals surface area contributed by atoms with Crippen LogP contribution in [0.4, 0.5) is 23.7 Å². The van der Waals surface area contributed by atoms with Gasteiger partial charge in [-0.15, -0.1) is 5.11 Å². The molecule has 1 heterocycles. The fraction of sp³-hybridized carbons (Fsp3) is 0.436. The molecule has 2 N–H and O–H groups in total. The number of alkyl halides is 3. The smallest absolute Gasteiger partial charge is 0.417 e. The summed E-state index contributed by atoms with van der Waals surface area (Å²) in [6.07, 6.45) is -1.66. The van der Waals surface area contributed by atoms with E-state index in [1.807, 2.05) is 0 Å². The molecule has 1 fully saturated rings.